The average Bonchev–Trinajstić information content (AvgIpc) is 2.98. The fraction of sp³-hybridized carbons (Fsp3) is 0.750. The van der Waals surface area contributed by atoms with Crippen LogP contribution >= 0.6 is 0 Å². The Morgan fingerprint density at radius 1 is 1.50 bits per heavy atom. The second kappa shape index (κ2) is 8.45. The Bertz CT molecular complexity index is 353. The van der Waals surface area contributed by atoms with Gasteiger partial charge in [-0.15, -0.1) is 0 Å². The molecule has 1 aromatic rings. The van der Waals surface area contributed by atoms with Crippen molar-refractivity contribution >= 4 is 0 Å². The third-order valence-corrected chi connectivity index (χ3v) is 4.14. The molecule has 0 bridgehead atoms. The summed E-state index contributed by atoms with van der Waals surface area (Å²) in [7, 11) is 0. The van der Waals surface area contributed by atoms with Gasteiger partial charge in [-0.2, -0.15) is 0 Å². The van der Waals surface area contributed by atoms with Crippen LogP contribution in [0.15, 0.2) is 22.8 Å². The van der Waals surface area contributed by atoms with Crippen molar-refractivity contribution in [3.63, 3.8) is 0 Å². The Labute approximate surface area is 121 Å². The molecule has 4 nitrogen and oxygen atoms in total. The van der Waals surface area contributed by atoms with E-state index in [1.54, 1.807) is 6.26 Å². The minimum atomic E-state index is -0.452. The van der Waals surface area contributed by atoms with Crippen LogP contribution in [-0.4, -0.2) is 30.4 Å². The fourth-order valence-electron chi connectivity index (χ4n) is 2.90. The van der Waals surface area contributed by atoms with Gasteiger partial charge in [0.2, 0.25) is 0 Å². The molecule has 2 N–H and O–H groups in total. The normalized spacial score (nSPS) is 24.7. The largest absolute Gasteiger partial charge is 0.467 e. The number of hydrogen-bond donors (Lipinski definition) is 2. The highest BCUT2D eigenvalue weighted by Crippen LogP contribution is 2.26. The summed E-state index contributed by atoms with van der Waals surface area (Å²) in [6.07, 6.45) is 7.60. The highest BCUT2D eigenvalue weighted by Gasteiger charge is 2.20. The number of furan rings is 1. The molecule has 3 atom stereocenters. The first-order valence-corrected chi connectivity index (χ1v) is 7.79. The van der Waals surface area contributed by atoms with Crippen LogP contribution < -0.4 is 5.32 Å². The van der Waals surface area contributed by atoms with Crippen LogP contribution in [0.25, 0.3) is 0 Å². The van der Waals surface area contributed by atoms with E-state index in [0.717, 1.165) is 11.7 Å². The van der Waals surface area contributed by atoms with Crippen LogP contribution in [0, 0.1) is 5.92 Å². The molecule has 0 aliphatic heterocycles. The number of ether oxygens (including phenoxy) is 1. The highest BCUT2D eigenvalue weighted by atomic mass is 16.5. The molecule has 114 valence electrons. The Balaban J connectivity index is 1.56. The van der Waals surface area contributed by atoms with Gasteiger partial charge in [0, 0.05) is 12.6 Å². The van der Waals surface area contributed by atoms with Crippen molar-refractivity contribution in [3.8, 4) is 0 Å². The summed E-state index contributed by atoms with van der Waals surface area (Å²) in [4.78, 5) is 0. The van der Waals surface area contributed by atoms with Crippen molar-refractivity contribution < 1.29 is 14.3 Å². The van der Waals surface area contributed by atoms with Gasteiger partial charge in [-0.05, 0) is 30.9 Å². The Hall–Kier alpha value is -0.840. The standard InChI is InChI=1S/C16H27NO3/c1-2-13-5-3-6-14(9-13)17-10-15(18)11-19-12-16-7-4-8-20-16/h4,7-8,13-15,17-18H,2-3,5-6,9-12H2,1H3. The van der Waals surface area contributed by atoms with Gasteiger partial charge in [-0.25, -0.2) is 0 Å². The maximum atomic E-state index is 9.91. The van der Waals surface area contributed by atoms with Crippen LogP contribution in [0.3, 0.4) is 0 Å². The quantitative estimate of drug-likeness (QED) is 0.769. The van der Waals surface area contributed by atoms with E-state index < -0.39 is 6.10 Å². The van der Waals surface area contributed by atoms with E-state index in [1.165, 1.54) is 32.1 Å². The summed E-state index contributed by atoms with van der Waals surface area (Å²) in [6, 6.07) is 4.27. The molecule has 20 heavy (non-hydrogen) atoms. The molecule has 1 saturated carbocycles. The molecule has 1 fully saturated rings. The van der Waals surface area contributed by atoms with Crippen LogP contribution in [0.5, 0.6) is 0 Å². The third-order valence-electron chi connectivity index (χ3n) is 4.14. The van der Waals surface area contributed by atoms with Gasteiger partial charge in [0.15, 0.2) is 0 Å². The van der Waals surface area contributed by atoms with Crippen molar-refractivity contribution in [2.45, 2.75) is 57.8 Å². The minimum absolute atomic E-state index is 0.345. The third kappa shape index (κ3) is 5.27. The molecule has 1 aliphatic rings. The molecule has 2 rings (SSSR count). The zero-order chi connectivity index (χ0) is 14.2. The number of nitrogens with one attached hydrogen (secondary N) is 1. The van der Waals surface area contributed by atoms with Crippen molar-refractivity contribution in [2.75, 3.05) is 13.2 Å². The summed E-state index contributed by atoms with van der Waals surface area (Å²) in [5.41, 5.74) is 0. The second-order valence-electron chi connectivity index (χ2n) is 5.79. The van der Waals surface area contributed by atoms with Gasteiger partial charge in [0.25, 0.3) is 0 Å². The first kappa shape index (κ1) is 15.5. The van der Waals surface area contributed by atoms with Gasteiger partial charge >= 0.3 is 0 Å². The van der Waals surface area contributed by atoms with E-state index in [0.29, 0.717) is 25.8 Å². The number of rotatable bonds is 8. The number of hydrogen-bond acceptors (Lipinski definition) is 4. The van der Waals surface area contributed by atoms with E-state index in [4.69, 9.17) is 9.15 Å². The highest BCUT2D eigenvalue weighted by molar-refractivity contribution is 4.96. The molecular weight excluding hydrogens is 254 g/mol. The van der Waals surface area contributed by atoms with Gasteiger partial charge in [0.1, 0.15) is 12.4 Å². The molecule has 0 radical (unpaired) electrons. The average molecular weight is 281 g/mol. The summed E-state index contributed by atoms with van der Waals surface area (Å²) < 4.78 is 10.6. The monoisotopic (exact) mass is 281 g/mol. The predicted molar refractivity (Wildman–Crippen MR) is 78.4 cm³/mol. The SMILES string of the molecule is CCC1CCCC(NCC(O)COCc2ccco2)C1. The molecule has 1 aromatic heterocycles. The first-order valence-electron chi connectivity index (χ1n) is 7.79. The molecule has 4 heteroatoms. The summed E-state index contributed by atoms with van der Waals surface area (Å²) in [5.74, 6) is 1.65. The molecule has 0 saturated heterocycles. The van der Waals surface area contributed by atoms with Crippen molar-refractivity contribution in [3.05, 3.63) is 24.2 Å². The number of aliphatic hydroxyl groups is 1. The molecule has 0 aromatic carbocycles. The molecule has 1 aliphatic carbocycles. The van der Waals surface area contributed by atoms with E-state index in [-0.39, 0.29) is 0 Å². The van der Waals surface area contributed by atoms with Gasteiger partial charge in [-0.3, -0.25) is 0 Å². The minimum Gasteiger partial charge on any atom is -0.467 e. The zero-order valence-corrected chi connectivity index (χ0v) is 12.4. The van der Waals surface area contributed by atoms with E-state index in [2.05, 4.69) is 12.2 Å². The maximum Gasteiger partial charge on any atom is 0.129 e. The molecular formula is C16H27NO3. The van der Waals surface area contributed by atoms with Crippen LogP contribution in [0.1, 0.15) is 44.8 Å². The van der Waals surface area contributed by atoms with Gasteiger partial charge < -0.3 is 19.6 Å². The van der Waals surface area contributed by atoms with Crippen molar-refractivity contribution in [1.82, 2.24) is 5.32 Å². The molecule has 0 spiro atoms. The summed E-state index contributed by atoms with van der Waals surface area (Å²) >= 11 is 0. The smallest absolute Gasteiger partial charge is 0.129 e. The van der Waals surface area contributed by atoms with Crippen LogP contribution in [0.2, 0.25) is 0 Å². The van der Waals surface area contributed by atoms with Crippen molar-refractivity contribution in [2.24, 2.45) is 5.92 Å². The number of aliphatic hydroxyl groups excluding tert-OH is 1. The maximum absolute atomic E-state index is 9.91. The lowest BCUT2D eigenvalue weighted by molar-refractivity contribution is 0.0206. The van der Waals surface area contributed by atoms with E-state index in [9.17, 15) is 5.11 Å². The second-order valence-corrected chi connectivity index (χ2v) is 5.79. The van der Waals surface area contributed by atoms with Crippen molar-refractivity contribution in [1.29, 1.82) is 0 Å². The van der Waals surface area contributed by atoms with E-state index in [1.807, 2.05) is 12.1 Å². The molecule has 3 unspecified atom stereocenters. The molecule has 0 amide bonds. The van der Waals surface area contributed by atoms with E-state index >= 15 is 0 Å². The lowest BCUT2D eigenvalue weighted by atomic mass is 9.84. The molecule has 1 heterocycles. The Morgan fingerprint density at radius 2 is 2.40 bits per heavy atom. The Morgan fingerprint density at radius 3 is 3.15 bits per heavy atom. The lowest BCUT2D eigenvalue weighted by Crippen LogP contribution is -2.40. The van der Waals surface area contributed by atoms with Gasteiger partial charge in [-0.1, -0.05) is 26.2 Å². The summed E-state index contributed by atoms with van der Waals surface area (Å²) in [6.45, 7) is 3.65. The van der Waals surface area contributed by atoms with Gasteiger partial charge in [0.05, 0.1) is 19.0 Å². The zero-order valence-electron chi connectivity index (χ0n) is 12.4. The van der Waals surface area contributed by atoms with Crippen LogP contribution in [0.4, 0.5) is 0 Å². The lowest BCUT2D eigenvalue weighted by Gasteiger charge is -2.29. The topological polar surface area (TPSA) is 54.6 Å². The fourth-order valence-corrected chi connectivity index (χ4v) is 2.90. The Kier molecular flexibility index (Phi) is 6.57. The first-order chi connectivity index (χ1) is 9.78. The predicted octanol–water partition coefficient (Wildman–Crippen LogP) is 2.72. The van der Waals surface area contributed by atoms with Crippen LogP contribution in [-0.2, 0) is 11.3 Å². The summed E-state index contributed by atoms with van der Waals surface area (Å²) in [5, 5.41) is 13.4.